The zero-order chi connectivity index (χ0) is 12.2. The number of carbonyl (C=O) groups is 1. The molecule has 1 atom stereocenters. The van der Waals surface area contributed by atoms with E-state index >= 15 is 0 Å². The van der Waals surface area contributed by atoms with Crippen LogP contribution in [-0.2, 0) is 19.0 Å². The van der Waals surface area contributed by atoms with E-state index in [1.54, 1.807) is 7.11 Å². The average Bonchev–Trinajstić information content (AvgIpc) is 2.28. The van der Waals surface area contributed by atoms with Crippen LogP contribution in [0.1, 0.15) is 26.2 Å². The number of methoxy groups -OCH3 is 1. The maximum atomic E-state index is 11.2. The molecule has 5 heteroatoms. The summed E-state index contributed by atoms with van der Waals surface area (Å²) in [4.78, 5) is 11.2. The minimum Gasteiger partial charge on any atom is -0.463 e. The second-order valence-electron chi connectivity index (χ2n) is 3.49. The highest BCUT2D eigenvalue weighted by Gasteiger charge is 2.05. The first-order chi connectivity index (χ1) is 7.70. The Kier molecular flexibility index (Phi) is 10.4. The van der Waals surface area contributed by atoms with Crippen molar-refractivity contribution in [2.45, 2.75) is 32.3 Å². The van der Waals surface area contributed by atoms with Crippen LogP contribution in [-0.4, -0.2) is 50.7 Å². The van der Waals surface area contributed by atoms with E-state index in [-0.39, 0.29) is 31.9 Å². The number of hydrogen-bond acceptors (Lipinski definition) is 5. The lowest BCUT2D eigenvalue weighted by Gasteiger charge is -2.08. The van der Waals surface area contributed by atoms with Gasteiger partial charge in [-0.15, -0.1) is 0 Å². The maximum Gasteiger partial charge on any atom is 0.305 e. The van der Waals surface area contributed by atoms with Crippen molar-refractivity contribution in [2.24, 2.45) is 0 Å². The highest BCUT2D eigenvalue weighted by atomic mass is 16.6. The van der Waals surface area contributed by atoms with E-state index in [1.807, 2.05) is 6.92 Å². The van der Waals surface area contributed by atoms with E-state index in [1.165, 1.54) is 0 Å². The maximum absolute atomic E-state index is 11.2. The molecule has 5 nitrogen and oxygen atoms in total. The number of rotatable bonds is 10. The molecule has 0 aromatic rings. The first-order valence-corrected chi connectivity index (χ1v) is 5.57. The number of aliphatic hydroxyl groups excluding tert-OH is 1. The summed E-state index contributed by atoms with van der Waals surface area (Å²) in [6.07, 6.45) is 2.21. The zero-order valence-electron chi connectivity index (χ0n) is 10.1. The van der Waals surface area contributed by atoms with Crippen LogP contribution in [0.3, 0.4) is 0 Å². The number of carbonyl (C=O) groups excluding carboxylic acids is 1. The second-order valence-corrected chi connectivity index (χ2v) is 3.49. The van der Waals surface area contributed by atoms with Gasteiger partial charge in [0, 0.05) is 13.5 Å². The van der Waals surface area contributed by atoms with Gasteiger partial charge in [0.1, 0.15) is 6.61 Å². The third kappa shape index (κ3) is 9.89. The number of ether oxygens (including phenoxy) is 3. The van der Waals surface area contributed by atoms with Gasteiger partial charge in [0.2, 0.25) is 0 Å². The van der Waals surface area contributed by atoms with E-state index in [4.69, 9.17) is 19.3 Å². The molecule has 0 saturated heterocycles. The van der Waals surface area contributed by atoms with Crippen LogP contribution < -0.4 is 0 Å². The lowest BCUT2D eigenvalue weighted by Crippen LogP contribution is -2.12. The largest absolute Gasteiger partial charge is 0.463 e. The molecular weight excluding hydrogens is 212 g/mol. The van der Waals surface area contributed by atoms with Crippen molar-refractivity contribution in [2.75, 3.05) is 33.5 Å². The first-order valence-electron chi connectivity index (χ1n) is 5.57. The molecule has 0 radical (unpaired) electrons. The van der Waals surface area contributed by atoms with E-state index in [9.17, 15) is 4.79 Å². The van der Waals surface area contributed by atoms with Gasteiger partial charge in [-0.2, -0.15) is 0 Å². The molecule has 0 heterocycles. The summed E-state index contributed by atoms with van der Waals surface area (Å²) in [6, 6.07) is 0. The molecule has 0 saturated carbocycles. The number of hydrogen-bond donors (Lipinski definition) is 1. The van der Waals surface area contributed by atoms with Crippen LogP contribution in [0.5, 0.6) is 0 Å². The summed E-state index contributed by atoms with van der Waals surface area (Å²) in [7, 11) is 1.65. The smallest absolute Gasteiger partial charge is 0.305 e. The molecule has 0 aromatic carbocycles. The summed E-state index contributed by atoms with van der Waals surface area (Å²) in [6.45, 7) is 2.82. The molecule has 0 rings (SSSR count). The SMILES string of the molecule is COC(C)CCCC(=O)OCCOCCO. The van der Waals surface area contributed by atoms with Gasteiger partial charge in [-0.3, -0.25) is 4.79 Å². The molecule has 1 N–H and O–H groups in total. The summed E-state index contributed by atoms with van der Waals surface area (Å²) >= 11 is 0. The Labute approximate surface area is 96.7 Å². The molecule has 96 valence electrons. The van der Waals surface area contributed by atoms with Crippen LogP contribution in [0.4, 0.5) is 0 Å². The summed E-state index contributed by atoms with van der Waals surface area (Å²) < 4.78 is 14.9. The molecule has 0 aliphatic carbocycles. The van der Waals surface area contributed by atoms with Crippen LogP contribution in [0.15, 0.2) is 0 Å². The van der Waals surface area contributed by atoms with Crippen LogP contribution >= 0.6 is 0 Å². The predicted molar refractivity (Wildman–Crippen MR) is 59.2 cm³/mol. The standard InChI is InChI=1S/C11H22O5/c1-10(14-2)4-3-5-11(13)16-9-8-15-7-6-12/h10,12H,3-9H2,1-2H3. The third-order valence-corrected chi connectivity index (χ3v) is 2.12. The lowest BCUT2D eigenvalue weighted by atomic mass is 10.2. The summed E-state index contributed by atoms with van der Waals surface area (Å²) in [5.41, 5.74) is 0. The molecule has 16 heavy (non-hydrogen) atoms. The Morgan fingerprint density at radius 2 is 2.06 bits per heavy atom. The Morgan fingerprint density at radius 3 is 2.69 bits per heavy atom. The molecule has 0 aliphatic heterocycles. The highest BCUT2D eigenvalue weighted by molar-refractivity contribution is 5.69. The van der Waals surface area contributed by atoms with Crippen molar-refractivity contribution >= 4 is 5.97 Å². The van der Waals surface area contributed by atoms with Gasteiger partial charge < -0.3 is 19.3 Å². The zero-order valence-corrected chi connectivity index (χ0v) is 10.1. The van der Waals surface area contributed by atoms with Crippen molar-refractivity contribution in [3.8, 4) is 0 Å². The molecule has 0 bridgehead atoms. The molecule has 0 spiro atoms. The summed E-state index contributed by atoms with van der Waals surface area (Å²) in [5.74, 6) is -0.212. The van der Waals surface area contributed by atoms with Gasteiger partial charge in [-0.05, 0) is 19.8 Å². The highest BCUT2D eigenvalue weighted by Crippen LogP contribution is 2.04. The van der Waals surface area contributed by atoms with Gasteiger partial charge in [0.15, 0.2) is 0 Å². The van der Waals surface area contributed by atoms with Gasteiger partial charge in [-0.25, -0.2) is 0 Å². The normalized spacial score (nSPS) is 12.4. The fraction of sp³-hybridized carbons (Fsp3) is 0.909. The molecule has 0 amide bonds. The topological polar surface area (TPSA) is 65.0 Å². The monoisotopic (exact) mass is 234 g/mol. The van der Waals surface area contributed by atoms with Crippen molar-refractivity contribution in [3.05, 3.63) is 0 Å². The Hall–Kier alpha value is -0.650. The van der Waals surface area contributed by atoms with Crippen LogP contribution in [0.25, 0.3) is 0 Å². The Bertz CT molecular complexity index is 172. The van der Waals surface area contributed by atoms with E-state index in [0.717, 1.165) is 12.8 Å². The fourth-order valence-corrected chi connectivity index (χ4v) is 1.10. The quantitative estimate of drug-likeness (QED) is 0.446. The van der Waals surface area contributed by atoms with Crippen LogP contribution in [0.2, 0.25) is 0 Å². The lowest BCUT2D eigenvalue weighted by molar-refractivity contribution is -0.145. The average molecular weight is 234 g/mol. The van der Waals surface area contributed by atoms with Crippen LogP contribution in [0, 0.1) is 0 Å². The fourth-order valence-electron chi connectivity index (χ4n) is 1.10. The van der Waals surface area contributed by atoms with Gasteiger partial charge in [0.05, 0.1) is 25.9 Å². The number of esters is 1. The molecule has 0 aliphatic rings. The van der Waals surface area contributed by atoms with Gasteiger partial charge >= 0.3 is 5.97 Å². The van der Waals surface area contributed by atoms with Gasteiger partial charge in [-0.1, -0.05) is 0 Å². The van der Waals surface area contributed by atoms with E-state index < -0.39 is 0 Å². The Balaban J connectivity index is 3.24. The van der Waals surface area contributed by atoms with Crippen molar-refractivity contribution in [3.63, 3.8) is 0 Å². The molecule has 0 fully saturated rings. The summed E-state index contributed by atoms with van der Waals surface area (Å²) in [5, 5.41) is 8.42. The van der Waals surface area contributed by atoms with Crippen molar-refractivity contribution in [1.29, 1.82) is 0 Å². The molecular formula is C11H22O5. The Morgan fingerprint density at radius 1 is 1.31 bits per heavy atom. The van der Waals surface area contributed by atoms with E-state index in [2.05, 4.69) is 0 Å². The van der Waals surface area contributed by atoms with E-state index in [0.29, 0.717) is 13.0 Å². The van der Waals surface area contributed by atoms with Crippen molar-refractivity contribution in [1.82, 2.24) is 0 Å². The number of aliphatic hydroxyl groups is 1. The first kappa shape index (κ1) is 15.3. The molecule has 0 aromatic heterocycles. The van der Waals surface area contributed by atoms with Gasteiger partial charge in [0.25, 0.3) is 0 Å². The predicted octanol–water partition coefficient (Wildman–Crippen LogP) is 0.744. The molecule has 1 unspecified atom stereocenters. The minimum atomic E-state index is -0.212. The van der Waals surface area contributed by atoms with Crippen molar-refractivity contribution < 1.29 is 24.1 Å². The third-order valence-electron chi connectivity index (χ3n) is 2.12. The second kappa shape index (κ2) is 10.9. The minimum absolute atomic E-state index is 0.0111.